The van der Waals surface area contributed by atoms with Gasteiger partial charge in [-0.25, -0.2) is 4.98 Å². The van der Waals surface area contributed by atoms with Crippen molar-refractivity contribution in [2.24, 2.45) is 0 Å². The van der Waals surface area contributed by atoms with Crippen molar-refractivity contribution < 1.29 is 9.84 Å². The molecule has 0 saturated carbocycles. The average molecular weight is 480 g/mol. The van der Waals surface area contributed by atoms with Crippen molar-refractivity contribution in [3.8, 4) is 22.8 Å². The summed E-state index contributed by atoms with van der Waals surface area (Å²) >= 11 is 0. The van der Waals surface area contributed by atoms with Gasteiger partial charge in [0, 0.05) is 25.6 Å². The molecule has 0 aromatic heterocycles. The molecule has 6 nitrogen and oxygen atoms in total. The van der Waals surface area contributed by atoms with Gasteiger partial charge in [0.05, 0.1) is 18.0 Å². The van der Waals surface area contributed by atoms with Gasteiger partial charge >= 0.3 is 0 Å². The molecule has 0 saturated heterocycles. The average Bonchev–Trinajstić information content (AvgIpc) is 3.23. The summed E-state index contributed by atoms with van der Waals surface area (Å²) in [6, 6.07) is 27.9. The number of benzene rings is 3. The van der Waals surface area contributed by atoms with Crippen LogP contribution in [0.15, 0.2) is 95.9 Å². The summed E-state index contributed by atoms with van der Waals surface area (Å²) in [7, 11) is 0. The Hall–Kier alpha value is -4.16. The van der Waals surface area contributed by atoms with E-state index in [2.05, 4.69) is 17.1 Å². The number of rotatable bonds is 10. The SMILES string of the molecule is O=c1c(Cc2ccccc2)nc2c(Cc3ccccc3)[nH]c(-c3ccc(OCCCCO)cc3)cn1-2. The Morgan fingerprint density at radius 2 is 1.50 bits per heavy atom. The first-order valence-electron chi connectivity index (χ1n) is 12.3. The predicted octanol–water partition coefficient (Wildman–Crippen LogP) is 5.00. The number of H-pyrrole nitrogens is 1. The minimum absolute atomic E-state index is 0.0951. The number of fused-ring (bicyclic) bond motifs is 1. The number of nitrogens with zero attached hydrogens (tertiary/aromatic N) is 2. The van der Waals surface area contributed by atoms with Gasteiger partial charge in [0.1, 0.15) is 11.4 Å². The fourth-order valence-electron chi connectivity index (χ4n) is 4.29. The van der Waals surface area contributed by atoms with E-state index in [0.29, 0.717) is 31.0 Å². The molecule has 0 amide bonds. The van der Waals surface area contributed by atoms with Crippen LogP contribution < -0.4 is 10.3 Å². The van der Waals surface area contributed by atoms with Crippen LogP contribution in [-0.4, -0.2) is 32.9 Å². The van der Waals surface area contributed by atoms with Crippen LogP contribution in [0.4, 0.5) is 0 Å². The maximum absolute atomic E-state index is 13.4. The van der Waals surface area contributed by atoms with E-state index in [1.807, 2.05) is 79.0 Å². The molecule has 0 bridgehead atoms. The zero-order valence-corrected chi connectivity index (χ0v) is 20.1. The minimum Gasteiger partial charge on any atom is -0.494 e. The summed E-state index contributed by atoms with van der Waals surface area (Å²) in [5.74, 6) is 1.43. The van der Waals surface area contributed by atoms with E-state index in [1.54, 1.807) is 4.57 Å². The van der Waals surface area contributed by atoms with Crippen molar-refractivity contribution >= 4 is 0 Å². The lowest BCUT2D eigenvalue weighted by Gasteiger charge is -2.14. The van der Waals surface area contributed by atoms with Gasteiger partial charge in [0.15, 0.2) is 5.82 Å². The summed E-state index contributed by atoms with van der Waals surface area (Å²) in [6.07, 6.45) is 4.50. The molecule has 2 heterocycles. The maximum atomic E-state index is 13.4. The van der Waals surface area contributed by atoms with E-state index in [0.717, 1.165) is 46.7 Å². The van der Waals surface area contributed by atoms with E-state index in [-0.39, 0.29) is 12.2 Å². The van der Waals surface area contributed by atoms with Crippen LogP contribution in [0, 0.1) is 0 Å². The second-order valence-electron chi connectivity index (χ2n) is 8.83. The summed E-state index contributed by atoms with van der Waals surface area (Å²) in [6.45, 7) is 0.743. The zero-order valence-electron chi connectivity index (χ0n) is 20.1. The molecule has 0 aliphatic carbocycles. The van der Waals surface area contributed by atoms with Crippen molar-refractivity contribution in [3.63, 3.8) is 0 Å². The van der Waals surface area contributed by atoms with E-state index in [1.165, 1.54) is 0 Å². The molecule has 3 aromatic carbocycles. The van der Waals surface area contributed by atoms with Gasteiger partial charge in [-0.05, 0) is 53.8 Å². The van der Waals surface area contributed by atoms with Crippen LogP contribution in [0.1, 0.15) is 35.4 Å². The van der Waals surface area contributed by atoms with Gasteiger partial charge in [-0.15, -0.1) is 0 Å². The first kappa shape index (κ1) is 23.6. The molecule has 0 spiro atoms. The second-order valence-corrected chi connectivity index (χ2v) is 8.83. The van der Waals surface area contributed by atoms with Crippen molar-refractivity contribution in [1.82, 2.24) is 14.5 Å². The smallest absolute Gasteiger partial charge is 0.278 e. The molecule has 2 aliphatic heterocycles. The van der Waals surface area contributed by atoms with Crippen molar-refractivity contribution in [2.45, 2.75) is 25.7 Å². The number of hydrogen-bond donors (Lipinski definition) is 2. The number of aliphatic hydroxyl groups excluding tert-OH is 1. The Bertz CT molecular complexity index is 1420. The van der Waals surface area contributed by atoms with Crippen LogP contribution in [0.3, 0.4) is 0 Å². The van der Waals surface area contributed by atoms with Crippen LogP contribution in [0.2, 0.25) is 0 Å². The zero-order chi connectivity index (χ0) is 24.7. The summed E-state index contributed by atoms with van der Waals surface area (Å²) in [4.78, 5) is 21.7. The molecular formula is C30H29N3O3. The molecule has 2 aliphatic rings. The summed E-state index contributed by atoms with van der Waals surface area (Å²) in [5.41, 5.74) is 5.31. The normalized spacial score (nSPS) is 11.1. The predicted molar refractivity (Wildman–Crippen MR) is 141 cm³/mol. The standard InChI is InChI=1S/C30H29N3O3/c34-17-7-8-18-36-25-15-13-24(14-16-25)28-21-33-29(26(31-28)19-22-9-3-1-4-10-22)32-27(30(33)35)20-23-11-5-2-6-12-23/h1-6,9-16,21,31,34H,7-8,17-20H2. The number of ether oxygens (including phenoxy) is 1. The first-order chi connectivity index (χ1) is 17.7. The highest BCUT2D eigenvalue weighted by molar-refractivity contribution is 5.61. The van der Waals surface area contributed by atoms with E-state index in [9.17, 15) is 4.79 Å². The molecule has 5 rings (SSSR count). The Morgan fingerprint density at radius 3 is 2.17 bits per heavy atom. The quantitative estimate of drug-likeness (QED) is 0.276. The molecule has 0 atom stereocenters. The van der Waals surface area contributed by atoms with Crippen LogP contribution in [0.25, 0.3) is 17.1 Å². The van der Waals surface area contributed by atoms with Gasteiger partial charge in [0.25, 0.3) is 5.56 Å². The van der Waals surface area contributed by atoms with Crippen LogP contribution in [0.5, 0.6) is 5.75 Å². The number of hydrogen-bond acceptors (Lipinski definition) is 4. The molecule has 0 unspecified atom stereocenters. The van der Waals surface area contributed by atoms with E-state index in [4.69, 9.17) is 14.8 Å². The lowest BCUT2D eigenvalue weighted by atomic mass is 10.1. The third kappa shape index (κ3) is 5.39. The Morgan fingerprint density at radius 1 is 0.833 bits per heavy atom. The van der Waals surface area contributed by atoms with E-state index < -0.39 is 0 Å². The number of aromatic nitrogens is 3. The fourth-order valence-corrected chi connectivity index (χ4v) is 4.29. The maximum Gasteiger partial charge on any atom is 0.278 e. The minimum atomic E-state index is -0.0951. The van der Waals surface area contributed by atoms with Crippen molar-refractivity contribution in [3.05, 3.63) is 124 Å². The molecule has 36 heavy (non-hydrogen) atoms. The molecule has 2 N–H and O–H groups in total. The largest absolute Gasteiger partial charge is 0.494 e. The second kappa shape index (κ2) is 11.1. The van der Waals surface area contributed by atoms with Gasteiger partial charge in [-0.1, -0.05) is 60.7 Å². The molecule has 3 aromatic rings. The highest BCUT2D eigenvalue weighted by Crippen LogP contribution is 2.25. The van der Waals surface area contributed by atoms with Crippen LogP contribution >= 0.6 is 0 Å². The number of imidazole rings is 1. The van der Waals surface area contributed by atoms with Crippen molar-refractivity contribution in [2.75, 3.05) is 13.2 Å². The van der Waals surface area contributed by atoms with Gasteiger partial charge in [-0.3, -0.25) is 9.36 Å². The van der Waals surface area contributed by atoms with Gasteiger partial charge < -0.3 is 14.8 Å². The Kier molecular flexibility index (Phi) is 7.24. The molecule has 0 radical (unpaired) electrons. The summed E-state index contributed by atoms with van der Waals surface area (Å²) < 4.78 is 7.43. The fraction of sp³-hybridized carbons (Fsp3) is 0.200. The van der Waals surface area contributed by atoms with Crippen molar-refractivity contribution in [1.29, 1.82) is 0 Å². The Labute approximate surface area is 210 Å². The van der Waals surface area contributed by atoms with E-state index >= 15 is 0 Å². The Balaban J connectivity index is 1.51. The monoisotopic (exact) mass is 479 g/mol. The molecular weight excluding hydrogens is 450 g/mol. The highest BCUT2D eigenvalue weighted by atomic mass is 16.5. The van der Waals surface area contributed by atoms with Gasteiger partial charge in [-0.2, -0.15) is 0 Å². The lowest BCUT2D eigenvalue weighted by molar-refractivity contribution is 0.253. The number of unbranched alkanes of at least 4 members (excludes halogenated alkanes) is 1. The lowest BCUT2D eigenvalue weighted by Crippen LogP contribution is -2.17. The number of aromatic amines is 1. The molecule has 182 valence electrons. The van der Waals surface area contributed by atoms with Crippen LogP contribution in [-0.2, 0) is 12.8 Å². The third-order valence-corrected chi connectivity index (χ3v) is 6.17. The number of aliphatic hydroxyl groups is 1. The molecule has 0 fully saturated rings. The first-order valence-corrected chi connectivity index (χ1v) is 12.3. The highest BCUT2D eigenvalue weighted by Gasteiger charge is 2.20. The molecule has 6 heteroatoms. The number of nitrogens with one attached hydrogen (secondary N) is 1. The summed E-state index contributed by atoms with van der Waals surface area (Å²) in [5, 5.41) is 8.92. The topological polar surface area (TPSA) is 80.1 Å². The van der Waals surface area contributed by atoms with Gasteiger partial charge in [0.2, 0.25) is 0 Å². The third-order valence-electron chi connectivity index (χ3n) is 6.17.